The Bertz CT molecular complexity index is 406. The van der Waals surface area contributed by atoms with Crippen LogP contribution in [0.1, 0.15) is 45.4 Å². The Hall–Kier alpha value is -0.430. The van der Waals surface area contributed by atoms with Crippen LogP contribution in [0.2, 0.25) is 0 Å². The summed E-state index contributed by atoms with van der Waals surface area (Å²) >= 11 is -0.418. The van der Waals surface area contributed by atoms with E-state index in [1.165, 1.54) is 19.3 Å². The van der Waals surface area contributed by atoms with Gasteiger partial charge in [0.05, 0.1) is 11.5 Å². The van der Waals surface area contributed by atoms with Gasteiger partial charge in [-0.3, -0.25) is 4.79 Å². The Morgan fingerprint density at radius 1 is 1.23 bits per heavy atom. The van der Waals surface area contributed by atoms with Crippen molar-refractivity contribution in [1.82, 2.24) is 0 Å². The first kappa shape index (κ1) is 16.4. The molecule has 0 aromatic rings. The van der Waals surface area contributed by atoms with Gasteiger partial charge in [-0.2, -0.15) is 25.1 Å². The van der Waals surface area contributed by atoms with Gasteiger partial charge < -0.3 is 9.46 Å². The van der Waals surface area contributed by atoms with E-state index < -0.39 is 23.6 Å². The van der Waals surface area contributed by atoms with Gasteiger partial charge >= 0.3 is 11.5 Å². The maximum atomic E-state index is 12.6. The van der Waals surface area contributed by atoms with Crippen molar-refractivity contribution in [2.24, 2.45) is 23.2 Å². The topological polar surface area (TPSA) is 40.4 Å². The van der Waals surface area contributed by atoms with Crippen molar-refractivity contribution in [1.29, 1.82) is 0 Å². The number of esters is 1. The molecule has 4 saturated carbocycles. The number of carbonyl (C=O) groups excluding carboxylic acids is 1. The quantitative estimate of drug-likeness (QED) is 0.541. The number of hydrogen-bond donors (Lipinski definition) is 0. The SMILES string of the molecule is CC(C[N-]SC(F)(F)F)OC(=O)C12CC3CC(CC(C3)C1)C2. The molecule has 4 aliphatic rings. The minimum absolute atomic E-state index is 0.123. The van der Waals surface area contributed by atoms with E-state index in [9.17, 15) is 18.0 Å². The number of alkyl halides is 3. The van der Waals surface area contributed by atoms with E-state index >= 15 is 0 Å². The molecule has 1 atom stereocenters. The fourth-order valence-electron chi connectivity index (χ4n) is 4.92. The largest absolute Gasteiger partial charge is 0.596 e. The Morgan fingerprint density at radius 2 is 1.73 bits per heavy atom. The molecule has 126 valence electrons. The summed E-state index contributed by atoms with van der Waals surface area (Å²) < 4.78 is 44.9. The van der Waals surface area contributed by atoms with Gasteiger partial charge in [0.2, 0.25) is 0 Å². The number of hydrogen-bond acceptors (Lipinski definition) is 3. The maximum Gasteiger partial charge on any atom is 0.423 e. The first-order valence-electron chi connectivity index (χ1n) is 7.88. The molecule has 3 nitrogen and oxygen atoms in total. The predicted molar refractivity (Wildman–Crippen MR) is 78.0 cm³/mol. The van der Waals surface area contributed by atoms with E-state index in [0.717, 1.165) is 19.3 Å². The maximum absolute atomic E-state index is 12.6. The zero-order chi connectivity index (χ0) is 16.0. The van der Waals surface area contributed by atoms with Gasteiger partial charge in [-0.1, -0.05) is 0 Å². The molecule has 22 heavy (non-hydrogen) atoms. The third-order valence-corrected chi connectivity index (χ3v) is 5.76. The second-order valence-corrected chi connectivity index (χ2v) is 8.17. The number of rotatable bonds is 5. The summed E-state index contributed by atoms with van der Waals surface area (Å²) in [6.45, 7) is 1.49. The molecule has 7 heteroatoms. The summed E-state index contributed by atoms with van der Waals surface area (Å²) in [5.41, 5.74) is -4.73. The molecule has 0 radical (unpaired) electrons. The van der Waals surface area contributed by atoms with Crippen molar-refractivity contribution in [3.63, 3.8) is 0 Å². The van der Waals surface area contributed by atoms with Gasteiger partial charge in [-0.05, 0) is 63.2 Å². The summed E-state index contributed by atoms with van der Waals surface area (Å²) in [5, 5.41) is 0. The molecule has 0 aliphatic heterocycles. The zero-order valence-electron chi connectivity index (χ0n) is 12.6. The van der Waals surface area contributed by atoms with Crippen LogP contribution in [0.15, 0.2) is 0 Å². The van der Waals surface area contributed by atoms with E-state index in [4.69, 9.17) is 4.74 Å². The smallest absolute Gasteiger partial charge is 0.423 e. The molecule has 0 amide bonds. The van der Waals surface area contributed by atoms with Crippen LogP contribution in [-0.2, 0) is 9.53 Å². The molecule has 4 fully saturated rings. The summed E-state index contributed by atoms with van der Waals surface area (Å²) in [6, 6.07) is 0. The van der Waals surface area contributed by atoms with Gasteiger partial charge in [0.1, 0.15) is 0 Å². The van der Waals surface area contributed by atoms with Gasteiger partial charge in [0, 0.05) is 0 Å². The molecular formula is C15H21F3NO2S-. The van der Waals surface area contributed by atoms with Crippen molar-refractivity contribution in [2.45, 2.75) is 57.1 Å². The van der Waals surface area contributed by atoms with Crippen LogP contribution in [0.25, 0.3) is 4.72 Å². The van der Waals surface area contributed by atoms with Crippen molar-refractivity contribution in [3.05, 3.63) is 4.72 Å². The van der Waals surface area contributed by atoms with Gasteiger partial charge in [0.15, 0.2) is 0 Å². The highest BCUT2D eigenvalue weighted by molar-refractivity contribution is 8.02. The fourth-order valence-corrected chi connectivity index (χ4v) is 5.35. The molecule has 4 rings (SSSR count). The molecule has 0 N–H and O–H groups in total. The summed E-state index contributed by atoms with van der Waals surface area (Å²) in [6.07, 6.45) is 5.81. The lowest BCUT2D eigenvalue weighted by Crippen LogP contribution is -2.51. The molecule has 0 spiro atoms. The third-order valence-electron chi connectivity index (χ3n) is 5.28. The van der Waals surface area contributed by atoms with Crippen LogP contribution in [0.5, 0.6) is 0 Å². The number of ether oxygens (including phenoxy) is 1. The Balaban J connectivity index is 1.51. The normalized spacial score (nSPS) is 38.1. The van der Waals surface area contributed by atoms with Gasteiger partial charge in [-0.25, -0.2) is 0 Å². The molecular weight excluding hydrogens is 315 g/mol. The van der Waals surface area contributed by atoms with Crippen molar-refractivity contribution in [2.75, 3.05) is 6.54 Å². The van der Waals surface area contributed by atoms with Crippen molar-refractivity contribution >= 4 is 17.9 Å². The van der Waals surface area contributed by atoms with Gasteiger partial charge in [-0.15, -0.1) is 6.54 Å². The summed E-state index contributed by atoms with van der Waals surface area (Å²) in [7, 11) is 0. The standard InChI is InChI=1S/C15H21F3NO2S/c1-9(8-19-22-15(16,17)18)21-13(20)14-5-10-2-11(6-14)4-12(3-10)7-14/h9-12H,2-8H2,1H3/q-1. The highest BCUT2D eigenvalue weighted by Crippen LogP contribution is 2.60. The summed E-state index contributed by atoms with van der Waals surface area (Å²) in [4.78, 5) is 12.6. The second-order valence-electron chi connectivity index (χ2n) is 7.26. The lowest BCUT2D eigenvalue weighted by Gasteiger charge is -2.55. The molecule has 0 heterocycles. The highest BCUT2D eigenvalue weighted by atomic mass is 32.2. The van der Waals surface area contributed by atoms with E-state index in [0.29, 0.717) is 17.8 Å². The lowest BCUT2D eigenvalue weighted by atomic mass is 9.49. The monoisotopic (exact) mass is 336 g/mol. The van der Waals surface area contributed by atoms with Crippen LogP contribution >= 0.6 is 11.9 Å². The van der Waals surface area contributed by atoms with E-state index in [1.807, 2.05) is 0 Å². The Kier molecular flexibility index (Phi) is 4.40. The number of halogens is 3. The van der Waals surface area contributed by atoms with Crippen LogP contribution in [0, 0.1) is 23.2 Å². The molecule has 4 bridgehead atoms. The van der Waals surface area contributed by atoms with E-state index in [1.54, 1.807) is 6.92 Å². The average Bonchev–Trinajstić information content (AvgIpc) is 2.35. The first-order valence-corrected chi connectivity index (χ1v) is 8.66. The van der Waals surface area contributed by atoms with Crippen LogP contribution < -0.4 is 0 Å². The minimum atomic E-state index is -4.37. The second kappa shape index (κ2) is 5.89. The van der Waals surface area contributed by atoms with Crippen LogP contribution in [0.4, 0.5) is 13.2 Å². The first-order chi connectivity index (χ1) is 10.3. The molecule has 1 unspecified atom stereocenters. The molecule has 0 aromatic heterocycles. The third kappa shape index (κ3) is 3.55. The zero-order valence-corrected chi connectivity index (χ0v) is 13.4. The number of nitrogens with zero attached hydrogens (tertiary/aromatic N) is 1. The molecule has 0 saturated heterocycles. The molecule has 4 aliphatic carbocycles. The average molecular weight is 336 g/mol. The Labute approximate surface area is 132 Å². The Morgan fingerprint density at radius 3 is 2.18 bits per heavy atom. The highest BCUT2D eigenvalue weighted by Gasteiger charge is 2.55. The van der Waals surface area contributed by atoms with Crippen LogP contribution in [0.3, 0.4) is 0 Å². The van der Waals surface area contributed by atoms with E-state index in [2.05, 4.69) is 4.72 Å². The number of carbonyl (C=O) groups is 1. The fraction of sp³-hybridized carbons (Fsp3) is 0.933. The van der Waals surface area contributed by atoms with E-state index in [-0.39, 0.29) is 17.9 Å². The van der Waals surface area contributed by atoms with Crippen LogP contribution in [-0.4, -0.2) is 24.1 Å². The van der Waals surface area contributed by atoms with Crippen molar-refractivity contribution < 1.29 is 22.7 Å². The predicted octanol–water partition coefficient (Wildman–Crippen LogP) is 4.68. The lowest BCUT2D eigenvalue weighted by molar-refractivity contribution is -0.175. The van der Waals surface area contributed by atoms with Gasteiger partial charge in [0.25, 0.3) is 0 Å². The summed E-state index contributed by atoms with van der Waals surface area (Å²) in [5.74, 6) is 1.71. The molecule has 0 aromatic carbocycles. The van der Waals surface area contributed by atoms with Crippen molar-refractivity contribution in [3.8, 4) is 0 Å². The minimum Gasteiger partial charge on any atom is -0.596 e.